The standard InChI is InChI=1S/C29H36O7/c1-10-34-24-20(17-18(2)23(25(24)33-9)36-27(32)29(6,7)8)13-16-22(30)19-11-14-21(15-12-19)35-26(31)28(3,4)5/h11-17H,10H2,1-9H3. The molecule has 0 atom stereocenters. The van der Waals surface area contributed by atoms with Crippen molar-refractivity contribution in [3.05, 3.63) is 53.1 Å². The Morgan fingerprint density at radius 3 is 1.89 bits per heavy atom. The zero-order valence-electron chi connectivity index (χ0n) is 22.6. The molecule has 2 aromatic carbocycles. The summed E-state index contributed by atoms with van der Waals surface area (Å²) >= 11 is 0. The van der Waals surface area contributed by atoms with Gasteiger partial charge in [-0.15, -0.1) is 0 Å². The van der Waals surface area contributed by atoms with Gasteiger partial charge in [-0.25, -0.2) is 0 Å². The first-order valence-corrected chi connectivity index (χ1v) is 11.8. The molecule has 0 saturated heterocycles. The van der Waals surface area contributed by atoms with Gasteiger partial charge in [0, 0.05) is 11.1 Å². The van der Waals surface area contributed by atoms with E-state index in [1.54, 1.807) is 84.9 Å². The SMILES string of the molecule is CCOc1c(C=CC(=O)c2ccc(OC(=O)C(C)(C)C)cc2)cc(C)c(OC(=O)C(C)(C)C)c1OC. The number of carbonyl (C=O) groups is 3. The molecular formula is C29H36O7. The van der Waals surface area contributed by atoms with E-state index in [-0.39, 0.29) is 23.3 Å². The molecule has 0 spiro atoms. The van der Waals surface area contributed by atoms with Crippen LogP contribution >= 0.6 is 0 Å². The Morgan fingerprint density at radius 1 is 0.833 bits per heavy atom. The van der Waals surface area contributed by atoms with Crippen molar-refractivity contribution in [2.24, 2.45) is 10.8 Å². The van der Waals surface area contributed by atoms with E-state index in [4.69, 9.17) is 18.9 Å². The molecule has 2 aromatic rings. The fourth-order valence-corrected chi connectivity index (χ4v) is 2.96. The van der Waals surface area contributed by atoms with Crippen molar-refractivity contribution in [3.63, 3.8) is 0 Å². The summed E-state index contributed by atoms with van der Waals surface area (Å²) in [4.78, 5) is 37.4. The van der Waals surface area contributed by atoms with Gasteiger partial charge in [-0.1, -0.05) is 0 Å². The zero-order chi connectivity index (χ0) is 27.3. The summed E-state index contributed by atoms with van der Waals surface area (Å²) in [5.41, 5.74) is 0.361. The highest BCUT2D eigenvalue weighted by molar-refractivity contribution is 6.07. The smallest absolute Gasteiger partial charge is 0.316 e. The number of hydrogen-bond donors (Lipinski definition) is 0. The number of benzene rings is 2. The minimum absolute atomic E-state index is 0.244. The van der Waals surface area contributed by atoms with Crippen LogP contribution in [0.25, 0.3) is 6.08 Å². The van der Waals surface area contributed by atoms with E-state index in [0.717, 1.165) is 0 Å². The molecule has 7 nitrogen and oxygen atoms in total. The van der Waals surface area contributed by atoms with Crippen molar-refractivity contribution in [2.75, 3.05) is 13.7 Å². The number of esters is 2. The largest absolute Gasteiger partial charge is 0.490 e. The second-order valence-corrected chi connectivity index (χ2v) is 10.4. The topological polar surface area (TPSA) is 88.1 Å². The third kappa shape index (κ3) is 7.20. The van der Waals surface area contributed by atoms with Gasteiger partial charge in [-0.2, -0.15) is 0 Å². The Bertz CT molecular complexity index is 1140. The first-order chi connectivity index (χ1) is 16.7. The molecular weight excluding hydrogens is 460 g/mol. The maximum absolute atomic E-state index is 12.8. The van der Waals surface area contributed by atoms with E-state index in [2.05, 4.69) is 0 Å². The van der Waals surface area contributed by atoms with Crippen molar-refractivity contribution in [2.45, 2.75) is 55.4 Å². The molecule has 194 valence electrons. The van der Waals surface area contributed by atoms with Crippen LogP contribution in [0.2, 0.25) is 0 Å². The molecule has 7 heteroatoms. The molecule has 36 heavy (non-hydrogen) atoms. The lowest BCUT2D eigenvalue weighted by Gasteiger charge is -2.21. The van der Waals surface area contributed by atoms with Gasteiger partial charge >= 0.3 is 11.9 Å². The summed E-state index contributed by atoms with van der Waals surface area (Å²) in [6, 6.07) is 8.14. The molecule has 0 bridgehead atoms. The van der Waals surface area contributed by atoms with Gasteiger partial charge in [0.25, 0.3) is 0 Å². The van der Waals surface area contributed by atoms with Crippen LogP contribution in [0.3, 0.4) is 0 Å². The van der Waals surface area contributed by atoms with E-state index in [9.17, 15) is 14.4 Å². The normalized spacial score (nSPS) is 11.8. The van der Waals surface area contributed by atoms with Gasteiger partial charge in [-0.3, -0.25) is 14.4 Å². The molecule has 0 aromatic heterocycles. The third-order valence-electron chi connectivity index (χ3n) is 5.08. The summed E-state index contributed by atoms with van der Waals surface area (Å²) in [6.07, 6.45) is 3.06. The first kappa shape index (κ1) is 28.6. The van der Waals surface area contributed by atoms with Crippen molar-refractivity contribution >= 4 is 23.8 Å². The predicted molar refractivity (Wildman–Crippen MR) is 139 cm³/mol. The number of carbonyl (C=O) groups excluding carboxylic acids is 3. The van der Waals surface area contributed by atoms with Gasteiger partial charge in [0.2, 0.25) is 5.75 Å². The van der Waals surface area contributed by atoms with E-state index in [1.807, 2.05) is 6.92 Å². The van der Waals surface area contributed by atoms with E-state index < -0.39 is 16.8 Å². The highest BCUT2D eigenvalue weighted by Gasteiger charge is 2.28. The summed E-state index contributed by atoms with van der Waals surface area (Å²) in [5, 5.41) is 0. The molecule has 0 aliphatic rings. The van der Waals surface area contributed by atoms with Crippen LogP contribution in [0, 0.1) is 17.8 Å². The average Bonchev–Trinajstić information content (AvgIpc) is 2.79. The van der Waals surface area contributed by atoms with E-state index in [1.165, 1.54) is 13.2 Å². The van der Waals surface area contributed by atoms with Gasteiger partial charge in [-0.05, 0) is 103 Å². The summed E-state index contributed by atoms with van der Waals surface area (Å²) in [7, 11) is 1.47. The molecule has 0 amide bonds. The van der Waals surface area contributed by atoms with Gasteiger partial charge < -0.3 is 18.9 Å². The van der Waals surface area contributed by atoms with Crippen LogP contribution < -0.4 is 18.9 Å². The van der Waals surface area contributed by atoms with Crippen molar-refractivity contribution in [3.8, 4) is 23.0 Å². The summed E-state index contributed by atoms with van der Waals surface area (Å²) in [5.74, 6) is 0.306. The molecule has 0 N–H and O–H groups in total. The lowest BCUT2D eigenvalue weighted by Crippen LogP contribution is -2.26. The van der Waals surface area contributed by atoms with Crippen molar-refractivity contribution in [1.29, 1.82) is 0 Å². The lowest BCUT2D eigenvalue weighted by molar-refractivity contribution is -0.143. The average molecular weight is 497 g/mol. The van der Waals surface area contributed by atoms with Crippen LogP contribution in [-0.4, -0.2) is 31.4 Å². The minimum atomic E-state index is -0.700. The second kappa shape index (κ2) is 11.4. The molecule has 0 saturated carbocycles. The molecule has 0 aliphatic heterocycles. The van der Waals surface area contributed by atoms with Crippen molar-refractivity contribution in [1.82, 2.24) is 0 Å². The Balaban J connectivity index is 2.34. The van der Waals surface area contributed by atoms with Gasteiger partial charge in [0.15, 0.2) is 17.3 Å². The highest BCUT2D eigenvalue weighted by Crippen LogP contribution is 2.44. The zero-order valence-corrected chi connectivity index (χ0v) is 22.6. The molecule has 0 heterocycles. The Hall–Kier alpha value is -3.61. The third-order valence-corrected chi connectivity index (χ3v) is 5.08. The summed E-state index contributed by atoms with van der Waals surface area (Å²) in [6.45, 7) is 14.6. The lowest BCUT2D eigenvalue weighted by atomic mass is 9.97. The molecule has 0 aliphatic carbocycles. The van der Waals surface area contributed by atoms with E-state index >= 15 is 0 Å². The van der Waals surface area contributed by atoms with Gasteiger partial charge in [0.1, 0.15) is 5.75 Å². The maximum atomic E-state index is 12.8. The van der Waals surface area contributed by atoms with Crippen molar-refractivity contribution < 1.29 is 33.3 Å². The van der Waals surface area contributed by atoms with Crippen LogP contribution in [-0.2, 0) is 9.59 Å². The van der Waals surface area contributed by atoms with Gasteiger partial charge in [0.05, 0.1) is 24.5 Å². The number of ketones is 1. The maximum Gasteiger partial charge on any atom is 0.316 e. The minimum Gasteiger partial charge on any atom is -0.490 e. The molecule has 0 radical (unpaired) electrons. The predicted octanol–water partition coefficient (Wildman–Crippen LogP) is 6.20. The fraction of sp³-hybridized carbons (Fsp3) is 0.414. The van der Waals surface area contributed by atoms with E-state index in [0.29, 0.717) is 34.8 Å². The van der Waals surface area contributed by atoms with Crippen LogP contribution in [0.1, 0.15) is 70.0 Å². The Labute approximate surface area is 213 Å². The number of hydrogen-bond acceptors (Lipinski definition) is 7. The Morgan fingerprint density at radius 2 is 1.39 bits per heavy atom. The molecule has 2 rings (SSSR count). The first-order valence-electron chi connectivity index (χ1n) is 11.8. The molecule has 0 unspecified atom stereocenters. The highest BCUT2D eigenvalue weighted by atomic mass is 16.6. The van der Waals surface area contributed by atoms with Crippen LogP contribution in [0.5, 0.6) is 23.0 Å². The number of methoxy groups -OCH3 is 1. The summed E-state index contributed by atoms with van der Waals surface area (Å²) < 4.78 is 22.4. The number of ether oxygens (including phenoxy) is 4. The molecule has 0 fully saturated rings. The second-order valence-electron chi connectivity index (χ2n) is 10.4. The Kier molecular flexibility index (Phi) is 9.08. The quantitative estimate of drug-likeness (QED) is 0.186. The number of rotatable bonds is 8. The monoisotopic (exact) mass is 496 g/mol. The fourth-order valence-electron chi connectivity index (χ4n) is 2.96. The van der Waals surface area contributed by atoms with Crippen LogP contribution in [0.4, 0.5) is 0 Å². The number of allylic oxidation sites excluding steroid dienone is 1. The van der Waals surface area contributed by atoms with Crippen LogP contribution in [0.15, 0.2) is 36.4 Å². The number of aryl methyl sites for hydroxylation is 1.